The molecule has 0 amide bonds. The molecular formula is C18H19N3O3S. The molecule has 1 saturated heterocycles. The average Bonchev–Trinajstić information content (AvgIpc) is 3.14. The van der Waals surface area contributed by atoms with Gasteiger partial charge in [-0.2, -0.15) is 0 Å². The summed E-state index contributed by atoms with van der Waals surface area (Å²) in [4.78, 5) is 32.2. The Hall–Kier alpha value is -1.99. The van der Waals surface area contributed by atoms with E-state index in [2.05, 4.69) is 4.98 Å². The second kappa shape index (κ2) is 5.78. The number of pyridine rings is 1. The van der Waals surface area contributed by atoms with Crippen molar-refractivity contribution in [2.45, 2.75) is 44.9 Å². The van der Waals surface area contributed by atoms with Crippen molar-refractivity contribution in [1.82, 2.24) is 14.1 Å². The molecule has 130 valence electrons. The van der Waals surface area contributed by atoms with Crippen LogP contribution in [0.5, 0.6) is 0 Å². The van der Waals surface area contributed by atoms with E-state index in [0.29, 0.717) is 31.0 Å². The first-order chi connectivity index (χ1) is 12.2. The van der Waals surface area contributed by atoms with Crippen molar-refractivity contribution in [3.63, 3.8) is 0 Å². The van der Waals surface area contributed by atoms with Crippen LogP contribution >= 0.6 is 11.3 Å². The highest BCUT2D eigenvalue weighted by Crippen LogP contribution is 2.34. The third-order valence-corrected chi connectivity index (χ3v) is 6.30. The van der Waals surface area contributed by atoms with E-state index >= 15 is 0 Å². The summed E-state index contributed by atoms with van der Waals surface area (Å²) in [5.41, 5.74) is -0.409. The van der Waals surface area contributed by atoms with Gasteiger partial charge in [0.2, 0.25) is 0 Å². The molecule has 2 aliphatic rings. The Morgan fingerprint density at radius 3 is 2.84 bits per heavy atom. The van der Waals surface area contributed by atoms with Crippen molar-refractivity contribution in [3.05, 3.63) is 39.2 Å². The van der Waals surface area contributed by atoms with Crippen LogP contribution in [0.4, 0.5) is 0 Å². The third-order valence-electron chi connectivity index (χ3n) is 5.16. The van der Waals surface area contributed by atoms with E-state index in [1.165, 1.54) is 15.9 Å². The summed E-state index contributed by atoms with van der Waals surface area (Å²) in [6.45, 7) is 1.74. The minimum Gasteiger partial charge on any atom is -0.376 e. The minimum atomic E-state index is -0.207. The number of fused-ring (bicyclic) bond motifs is 3. The van der Waals surface area contributed by atoms with Crippen LogP contribution in [0.2, 0.25) is 0 Å². The van der Waals surface area contributed by atoms with Crippen LogP contribution in [-0.2, 0) is 17.8 Å². The van der Waals surface area contributed by atoms with Crippen LogP contribution in [0.15, 0.2) is 27.9 Å². The van der Waals surface area contributed by atoms with Gasteiger partial charge in [0, 0.05) is 24.7 Å². The van der Waals surface area contributed by atoms with E-state index in [0.717, 1.165) is 40.7 Å². The van der Waals surface area contributed by atoms with Crippen molar-refractivity contribution < 1.29 is 4.74 Å². The summed E-state index contributed by atoms with van der Waals surface area (Å²) >= 11 is 1.45. The first kappa shape index (κ1) is 15.3. The van der Waals surface area contributed by atoms with Crippen LogP contribution in [0.25, 0.3) is 20.4 Å². The molecule has 1 atom stereocenters. The Labute approximate surface area is 147 Å². The Balaban J connectivity index is 1.78. The van der Waals surface area contributed by atoms with Crippen LogP contribution in [0, 0.1) is 5.92 Å². The maximum Gasteiger partial charge on any atom is 0.332 e. The molecule has 25 heavy (non-hydrogen) atoms. The lowest BCUT2D eigenvalue weighted by atomic mass is 10.2. The Morgan fingerprint density at radius 2 is 2.08 bits per heavy atom. The van der Waals surface area contributed by atoms with Crippen LogP contribution in [-0.4, -0.2) is 26.8 Å². The van der Waals surface area contributed by atoms with Crippen LogP contribution in [0.1, 0.15) is 25.7 Å². The van der Waals surface area contributed by atoms with E-state index in [1.54, 1.807) is 10.8 Å². The zero-order chi connectivity index (χ0) is 17.0. The van der Waals surface area contributed by atoms with Gasteiger partial charge in [-0.05, 0) is 43.7 Å². The van der Waals surface area contributed by atoms with E-state index in [9.17, 15) is 9.59 Å². The zero-order valence-corrected chi connectivity index (χ0v) is 14.6. The summed E-state index contributed by atoms with van der Waals surface area (Å²) in [7, 11) is 0. The lowest BCUT2D eigenvalue weighted by molar-refractivity contribution is 0.0948. The van der Waals surface area contributed by atoms with E-state index in [1.807, 2.05) is 12.1 Å². The summed E-state index contributed by atoms with van der Waals surface area (Å²) in [6, 6.07) is 3.76. The summed E-state index contributed by atoms with van der Waals surface area (Å²) in [5.74, 6) is 0.549. The van der Waals surface area contributed by atoms with Gasteiger partial charge in [-0.25, -0.2) is 9.78 Å². The van der Waals surface area contributed by atoms with E-state index in [-0.39, 0.29) is 17.4 Å². The van der Waals surface area contributed by atoms with Gasteiger partial charge in [0.15, 0.2) is 0 Å². The lowest BCUT2D eigenvalue weighted by Crippen LogP contribution is -2.42. The molecule has 5 rings (SSSR count). The topological polar surface area (TPSA) is 66.1 Å². The van der Waals surface area contributed by atoms with Gasteiger partial charge in [-0.15, -0.1) is 0 Å². The number of ether oxygens (including phenoxy) is 1. The molecule has 3 aromatic heterocycles. The highest BCUT2D eigenvalue weighted by atomic mass is 32.1. The molecule has 7 heteroatoms. The molecule has 1 aliphatic heterocycles. The zero-order valence-electron chi connectivity index (χ0n) is 13.8. The van der Waals surface area contributed by atoms with Crippen molar-refractivity contribution in [2.24, 2.45) is 5.92 Å². The maximum atomic E-state index is 13.1. The van der Waals surface area contributed by atoms with Gasteiger partial charge in [0.1, 0.15) is 9.66 Å². The fourth-order valence-electron chi connectivity index (χ4n) is 3.64. The van der Waals surface area contributed by atoms with Gasteiger partial charge < -0.3 is 4.74 Å². The number of aromatic nitrogens is 3. The SMILES string of the molecule is O=c1c2c3cccnc3sc2n(CC2CC2)c(=O)n1CC1CCCO1. The molecule has 6 nitrogen and oxygen atoms in total. The molecule has 4 heterocycles. The third kappa shape index (κ3) is 2.53. The monoisotopic (exact) mass is 357 g/mol. The molecule has 2 fully saturated rings. The molecule has 0 N–H and O–H groups in total. The van der Waals surface area contributed by atoms with Crippen LogP contribution in [0.3, 0.4) is 0 Å². The highest BCUT2D eigenvalue weighted by molar-refractivity contribution is 7.25. The second-order valence-electron chi connectivity index (χ2n) is 7.03. The molecule has 1 saturated carbocycles. The van der Waals surface area contributed by atoms with Gasteiger partial charge >= 0.3 is 5.69 Å². The normalized spacial score (nSPS) is 20.7. The predicted octanol–water partition coefficient (Wildman–Crippen LogP) is 2.36. The summed E-state index contributed by atoms with van der Waals surface area (Å²) in [5, 5.41) is 1.48. The van der Waals surface area contributed by atoms with E-state index in [4.69, 9.17) is 4.74 Å². The van der Waals surface area contributed by atoms with Gasteiger partial charge in [-0.1, -0.05) is 11.3 Å². The first-order valence-electron chi connectivity index (χ1n) is 8.85. The number of hydrogen-bond donors (Lipinski definition) is 0. The minimum absolute atomic E-state index is 0.0414. The summed E-state index contributed by atoms with van der Waals surface area (Å²) < 4.78 is 8.85. The van der Waals surface area contributed by atoms with Crippen molar-refractivity contribution in [2.75, 3.05) is 6.61 Å². The molecular weight excluding hydrogens is 338 g/mol. The van der Waals surface area contributed by atoms with Crippen molar-refractivity contribution >= 4 is 31.8 Å². The van der Waals surface area contributed by atoms with E-state index < -0.39 is 0 Å². The number of hydrogen-bond acceptors (Lipinski definition) is 5. The maximum absolute atomic E-state index is 13.1. The molecule has 0 aromatic carbocycles. The van der Waals surface area contributed by atoms with Gasteiger partial charge in [-0.3, -0.25) is 13.9 Å². The molecule has 1 unspecified atom stereocenters. The fraction of sp³-hybridized carbons (Fsp3) is 0.500. The Morgan fingerprint density at radius 1 is 1.20 bits per heavy atom. The Bertz CT molecular complexity index is 1070. The highest BCUT2D eigenvalue weighted by Gasteiger charge is 2.27. The molecule has 0 radical (unpaired) electrons. The van der Waals surface area contributed by atoms with Crippen molar-refractivity contribution in [1.29, 1.82) is 0 Å². The van der Waals surface area contributed by atoms with Crippen LogP contribution < -0.4 is 11.2 Å². The average molecular weight is 357 g/mol. The smallest absolute Gasteiger partial charge is 0.332 e. The molecule has 0 spiro atoms. The molecule has 3 aromatic rings. The largest absolute Gasteiger partial charge is 0.376 e. The Kier molecular flexibility index (Phi) is 3.53. The van der Waals surface area contributed by atoms with Crippen molar-refractivity contribution in [3.8, 4) is 0 Å². The number of thiophene rings is 1. The molecule has 0 bridgehead atoms. The lowest BCUT2D eigenvalue weighted by Gasteiger charge is -2.14. The predicted molar refractivity (Wildman–Crippen MR) is 97.3 cm³/mol. The quantitative estimate of drug-likeness (QED) is 0.719. The standard InChI is InChI=1S/C18H19N3O3S/c22-16-14-13-4-1-7-19-15(13)25-17(14)21(9-11-5-6-11)18(23)20(16)10-12-3-2-8-24-12/h1,4,7,11-12H,2-3,5-6,8-10H2. The number of nitrogens with zero attached hydrogens (tertiary/aromatic N) is 3. The van der Waals surface area contributed by atoms with Gasteiger partial charge in [0.25, 0.3) is 5.56 Å². The number of rotatable bonds is 4. The van der Waals surface area contributed by atoms with Gasteiger partial charge in [0.05, 0.1) is 18.0 Å². The second-order valence-corrected chi connectivity index (χ2v) is 8.00. The first-order valence-corrected chi connectivity index (χ1v) is 9.66. The fourth-order valence-corrected chi connectivity index (χ4v) is 4.78. The summed E-state index contributed by atoms with van der Waals surface area (Å²) in [6.07, 6.45) is 5.89. The molecule has 1 aliphatic carbocycles.